The smallest absolute Gasteiger partial charge is 0.233 e. The molecule has 5 heteroatoms. The molecule has 1 atom stereocenters. The molecule has 1 aromatic carbocycles. The van der Waals surface area contributed by atoms with Gasteiger partial charge in [-0.2, -0.15) is 0 Å². The van der Waals surface area contributed by atoms with Crippen LogP contribution < -0.4 is 0 Å². The molecule has 0 radical (unpaired) electrons. The van der Waals surface area contributed by atoms with Crippen LogP contribution in [0, 0.1) is 0 Å². The first kappa shape index (κ1) is 14.5. The van der Waals surface area contributed by atoms with Gasteiger partial charge >= 0.3 is 0 Å². The van der Waals surface area contributed by atoms with Crippen molar-refractivity contribution in [2.45, 2.75) is 11.8 Å². The summed E-state index contributed by atoms with van der Waals surface area (Å²) >= 11 is 1.72. The molecule has 0 N–H and O–H groups in total. The van der Waals surface area contributed by atoms with E-state index in [0.717, 1.165) is 13.0 Å². The molecule has 1 amide bonds. The Hall–Kier alpha value is -1.46. The predicted octanol–water partition coefficient (Wildman–Crippen LogP) is 2.79. The summed E-state index contributed by atoms with van der Waals surface area (Å²) in [6.45, 7) is 1.45. The molecule has 3 rings (SSSR count). The molecule has 0 spiro atoms. The van der Waals surface area contributed by atoms with Gasteiger partial charge in [0.1, 0.15) is 5.37 Å². The van der Waals surface area contributed by atoms with Crippen molar-refractivity contribution >= 4 is 28.6 Å². The normalized spacial score (nSPS) is 18.9. The molecule has 1 saturated heterocycles. The van der Waals surface area contributed by atoms with E-state index in [4.69, 9.17) is 4.74 Å². The zero-order chi connectivity index (χ0) is 14.8. The fourth-order valence-electron chi connectivity index (χ4n) is 2.90. The number of nitrogens with zero attached hydrogens (tertiary/aromatic N) is 2. The highest BCUT2D eigenvalue weighted by Gasteiger charge is 2.33. The van der Waals surface area contributed by atoms with Gasteiger partial charge in [0.05, 0.1) is 5.75 Å². The molecule has 1 aliphatic heterocycles. The fraction of sp³-hybridized carbons (Fsp3) is 0.438. The molecule has 0 aliphatic carbocycles. The number of ether oxygens (including phenoxy) is 1. The summed E-state index contributed by atoms with van der Waals surface area (Å²) in [7, 11) is 3.76. The van der Waals surface area contributed by atoms with Gasteiger partial charge in [-0.05, 0) is 12.5 Å². The van der Waals surface area contributed by atoms with Crippen LogP contribution in [0.4, 0.5) is 0 Å². The summed E-state index contributed by atoms with van der Waals surface area (Å²) in [5.41, 5.74) is 2.45. The highest BCUT2D eigenvalue weighted by Crippen LogP contribution is 2.41. The van der Waals surface area contributed by atoms with Crippen LogP contribution in [0.3, 0.4) is 0 Å². The van der Waals surface area contributed by atoms with E-state index in [2.05, 4.69) is 42.1 Å². The maximum absolute atomic E-state index is 12.2. The van der Waals surface area contributed by atoms with Crippen LogP contribution in [-0.4, -0.2) is 41.4 Å². The standard InChI is InChI=1S/C16H20N2O2S/c1-17-10-13(12-6-3-4-7-14(12)17)16-18(8-5-9-20-2)15(19)11-21-16/h3-4,6-7,10,16H,5,8-9,11H2,1-2H3. The molecule has 0 bridgehead atoms. The minimum Gasteiger partial charge on any atom is -0.385 e. The molecule has 21 heavy (non-hydrogen) atoms. The van der Waals surface area contributed by atoms with Gasteiger partial charge in [-0.1, -0.05) is 18.2 Å². The third-order valence-corrected chi connectivity index (χ3v) is 5.15. The number of hydrogen-bond acceptors (Lipinski definition) is 3. The van der Waals surface area contributed by atoms with Crippen LogP contribution in [0.15, 0.2) is 30.5 Å². The van der Waals surface area contributed by atoms with Crippen LogP contribution in [0.5, 0.6) is 0 Å². The quantitative estimate of drug-likeness (QED) is 0.797. The van der Waals surface area contributed by atoms with E-state index in [0.29, 0.717) is 12.4 Å². The number of thioether (sulfide) groups is 1. The molecular weight excluding hydrogens is 284 g/mol. The van der Waals surface area contributed by atoms with Crippen LogP contribution in [0.1, 0.15) is 17.4 Å². The van der Waals surface area contributed by atoms with Crippen molar-refractivity contribution in [3.05, 3.63) is 36.0 Å². The van der Waals surface area contributed by atoms with Crippen LogP contribution in [0.25, 0.3) is 10.9 Å². The fourth-order valence-corrected chi connectivity index (χ4v) is 4.14. The maximum Gasteiger partial charge on any atom is 0.233 e. The first-order valence-corrected chi connectivity index (χ1v) is 8.21. The number of para-hydroxylation sites is 1. The van der Waals surface area contributed by atoms with Gasteiger partial charge in [0.15, 0.2) is 0 Å². The average Bonchev–Trinajstić information content (AvgIpc) is 3.01. The van der Waals surface area contributed by atoms with Gasteiger partial charge < -0.3 is 14.2 Å². The number of benzene rings is 1. The average molecular weight is 304 g/mol. The number of aromatic nitrogens is 1. The Labute approximate surface area is 129 Å². The summed E-state index contributed by atoms with van der Waals surface area (Å²) in [5, 5.41) is 1.37. The Morgan fingerprint density at radius 3 is 3.00 bits per heavy atom. The second-order valence-corrected chi connectivity index (χ2v) is 6.38. The van der Waals surface area contributed by atoms with E-state index < -0.39 is 0 Å². The number of carbonyl (C=O) groups is 1. The first-order valence-electron chi connectivity index (χ1n) is 7.16. The number of aryl methyl sites for hydroxylation is 1. The number of hydrogen-bond donors (Lipinski definition) is 0. The zero-order valence-electron chi connectivity index (χ0n) is 12.4. The second-order valence-electron chi connectivity index (χ2n) is 5.31. The Morgan fingerprint density at radius 1 is 1.38 bits per heavy atom. The lowest BCUT2D eigenvalue weighted by molar-refractivity contribution is -0.128. The highest BCUT2D eigenvalue weighted by atomic mass is 32.2. The van der Waals surface area contributed by atoms with Crippen LogP contribution >= 0.6 is 11.8 Å². The Morgan fingerprint density at radius 2 is 2.19 bits per heavy atom. The van der Waals surface area contributed by atoms with E-state index in [-0.39, 0.29) is 11.3 Å². The number of methoxy groups -OCH3 is 1. The zero-order valence-corrected chi connectivity index (χ0v) is 13.2. The van der Waals surface area contributed by atoms with E-state index in [9.17, 15) is 4.79 Å². The van der Waals surface area contributed by atoms with Gasteiger partial charge in [0.2, 0.25) is 5.91 Å². The lowest BCUT2D eigenvalue weighted by atomic mass is 10.1. The Kier molecular flexibility index (Phi) is 4.22. The first-order chi connectivity index (χ1) is 10.2. The van der Waals surface area contributed by atoms with Crippen molar-refractivity contribution in [1.29, 1.82) is 0 Å². The number of carbonyl (C=O) groups excluding carboxylic acids is 1. The second kappa shape index (κ2) is 6.12. The van der Waals surface area contributed by atoms with E-state index in [1.54, 1.807) is 18.9 Å². The molecule has 1 unspecified atom stereocenters. The number of rotatable bonds is 5. The molecule has 1 aromatic heterocycles. The molecule has 1 fully saturated rings. The summed E-state index contributed by atoms with van der Waals surface area (Å²) < 4.78 is 7.24. The van der Waals surface area contributed by atoms with Crippen molar-refractivity contribution in [3.63, 3.8) is 0 Å². The molecule has 0 saturated carbocycles. The monoisotopic (exact) mass is 304 g/mol. The lowest BCUT2D eigenvalue weighted by Crippen LogP contribution is -2.29. The van der Waals surface area contributed by atoms with E-state index in [1.165, 1.54) is 16.5 Å². The van der Waals surface area contributed by atoms with Crippen LogP contribution in [0.2, 0.25) is 0 Å². The van der Waals surface area contributed by atoms with Crippen molar-refractivity contribution in [1.82, 2.24) is 9.47 Å². The summed E-state index contributed by atoms with van der Waals surface area (Å²) in [5.74, 6) is 0.801. The summed E-state index contributed by atoms with van der Waals surface area (Å²) in [6, 6.07) is 8.37. The van der Waals surface area contributed by atoms with E-state index >= 15 is 0 Å². The molecule has 1 aliphatic rings. The van der Waals surface area contributed by atoms with Gasteiger partial charge in [0.25, 0.3) is 0 Å². The van der Waals surface area contributed by atoms with Crippen LogP contribution in [-0.2, 0) is 16.6 Å². The van der Waals surface area contributed by atoms with Crippen molar-refractivity contribution in [3.8, 4) is 0 Å². The van der Waals surface area contributed by atoms with Gasteiger partial charge in [-0.3, -0.25) is 4.79 Å². The lowest BCUT2D eigenvalue weighted by Gasteiger charge is -2.23. The van der Waals surface area contributed by atoms with Gasteiger partial charge in [0, 0.05) is 50.0 Å². The van der Waals surface area contributed by atoms with Gasteiger partial charge in [-0.15, -0.1) is 11.8 Å². The third kappa shape index (κ3) is 2.68. The largest absolute Gasteiger partial charge is 0.385 e. The summed E-state index contributed by atoms with van der Waals surface area (Å²) in [6.07, 6.45) is 3.04. The van der Waals surface area contributed by atoms with Crippen molar-refractivity contribution in [2.75, 3.05) is 26.0 Å². The molecule has 112 valence electrons. The Balaban J connectivity index is 1.91. The van der Waals surface area contributed by atoms with E-state index in [1.807, 2.05) is 4.90 Å². The molecular formula is C16H20N2O2S. The highest BCUT2D eigenvalue weighted by molar-refractivity contribution is 8.00. The predicted molar refractivity (Wildman–Crippen MR) is 86.3 cm³/mol. The number of fused-ring (bicyclic) bond motifs is 1. The minimum absolute atomic E-state index is 0.125. The van der Waals surface area contributed by atoms with Gasteiger partial charge in [-0.25, -0.2) is 0 Å². The Bertz CT molecular complexity index is 653. The maximum atomic E-state index is 12.2. The summed E-state index contributed by atoms with van der Waals surface area (Å²) in [4.78, 5) is 14.1. The molecule has 4 nitrogen and oxygen atoms in total. The van der Waals surface area contributed by atoms with Crippen molar-refractivity contribution < 1.29 is 9.53 Å². The third-order valence-electron chi connectivity index (χ3n) is 3.91. The topological polar surface area (TPSA) is 34.5 Å². The van der Waals surface area contributed by atoms with Crippen molar-refractivity contribution in [2.24, 2.45) is 7.05 Å². The SMILES string of the molecule is COCCCN1C(=O)CSC1c1cn(C)c2ccccc12. The minimum atomic E-state index is 0.125. The number of amides is 1. The molecule has 2 aromatic rings. The molecule has 2 heterocycles.